The van der Waals surface area contributed by atoms with Crippen LogP contribution in [-0.2, 0) is 12.4 Å². The molecule has 32 heteroatoms. The molecule has 1 unspecified atom stereocenters. The Morgan fingerprint density at radius 2 is 0.780 bits per heavy atom. The molecule has 3 aromatic carbocycles. The number of nitrogens with zero attached hydrogens (tertiary/aromatic N) is 10. The summed E-state index contributed by atoms with van der Waals surface area (Å²) in [5, 5.41) is 13.5. The molecule has 0 aliphatic carbocycles. The van der Waals surface area contributed by atoms with Crippen LogP contribution in [0.4, 0.5) is 90.2 Å². The summed E-state index contributed by atoms with van der Waals surface area (Å²) >= 11 is 0. The summed E-state index contributed by atoms with van der Waals surface area (Å²) in [5.74, 6) is -2.69. The lowest BCUT2D eigenvalue weighted by Crippen LogP contribution is -2.52. The first-order valence-corrected chi connectivity index (χ1v) is 38.3. The van der Waals surface area contributed by atoms with Crippen molar-refractivity contribution in [2.45, 2.75) is 109 Å². The van der Waals surface area contributed by atoms with Crippen LogP contribution < -0.4 is 63.8 Å². The summed E-state index contributed by atoms with van der Waals surface area (Å²) in [5.41, 5.74) is 20.0. The van der Waals surface area contributed by atoms with Crippen LogP contribution in [-0.4, -0.2) is 161 Å². The Morgan fingerprint density at radius 3 is 1.14 bits per heavy atom. The van der Waals surface area contributed by atoms with Gasteiger partial charge in [0, 0.05) is 178 Å². The number of ketones is 4. The van der Waals surface area contributed by atoms with Crippen LogP contribution in [0.3, 0.4) is 0 Å². The highest BCUT2D eigenvalue weighted by Crippen LogP contribution is 2.39. The molecule has 118 heavy (non-hydrogen) atoms. The van der Waals surface area contributed by atoms with Gasteiger partial charge < -0.3 is 63.8 Å². The molecule has 0 bridgehead atoms. The molecule has 648 valence electrons. The fraction of sp³-hybridized carbons (Fsp3) is 0.349. The van der Waals surface area contributed by atoms with Gasteiger partial charge in [-0.25, -0.2) is 47.5 Å². The summed E-state index contributed by atoms with van der Waals surface area (Å²) in [7, 11) is 0. The quantitative estimate of drug-likeness (QED) is 0.0245. The van der Waals surface area contributed by atoms with Crippen molar-refractivity contribution in [3.05, 3.63) is 250 Å². The largest absolute Gasteiger partial charge is 0.417 e. The molecular weight excluding hydrogens is 1540 g/mol. The van der Waals surface area contributed by atoms with E-state index in [0.29, 0.717) is 114 Å². The number of anilines is 8. The number of alkyl halides is 8. The molecule has 4 atom stereocenters. The van der Waals surface area contributed by atoms with Gasteiger partial charge in [-0.3, -0.25) is 19.2 Å². The Hall–Kier alpha value is -11.7. The van der Waals surface area contributed by atoms with Crippen LogP contribution >= 0.6 is 0 Å². The molecule has 6 aromatic heterocycles. The van der Waals surface area contributed by atoms with Crippen LogP contribution in [0.2, 0.25) is 0 Å². The second kappa shape index (κ2) is 38.6. The summed E-state index contributed by atoms with van der Waals surface area (Å²) in [4.78, 5) is 84.2. The van der Waals surface area contributed by atoms with Crippen molar-refractivity contribution in [1.82, 2.24) is 51.2 Å². The monoisotopic (exact) mass is 1660 g/mol. The first-order chi connectivity index (χ1) is 55.8. The van der Waals surface area contributed by atoms with Gasteiger partial charge in [-0.05, 0) is 168 Å². The van der Waals surface area contributed by atoms with E-state index in [2.05, 4.69) is 78.2 Å². The minimum atomic E-state index is -4.67. The molecule has 0 spiro atoms. The third-order valence-corrected chi connectivity index (χ3v) is 20.0. The minimum Gasteiger partial charge on any atom is -0.383 e. The normalized spacial score (nSPS) is 17.2. The molecule has 9 aromatic rings. The Labute approximate surface area is 695 Å². The topological polar surface area (TPSA) is 311 Å². The minimum absolute atomic E-state index is 0. The summed E-state index contributed by atoms with van der Waals surface area (Å²) < 4.78 is 138. The van der Waals surface area contributed by atoms with E-state index in [1.54, 1.807) is 52.0 Å². The second-order valence-corrected chi connectivity index (χ2v) is 30.6. The number of halogens is 10. The standard InChI is InChI=1S/C23H21F3N4O.C21H25F3N4O.2C21H25F2N5O.12H2/c24-23(25,26)19-9-8-16(13-18(19)21(31)17-7-4-10-29-22(17)27)30-12-11-28-20(14-30)15-5-2-1-3-6-15;1-13(2)10-14-12-28(9-8-26-14)15-5-6-18(21(22,23)24)17(11-15)19(29)16-4-3-7-27-20(16)25;2*1-13(22)15-6-7-17(28-10-9-25-14(12-28)11-21(2,3)23)27-18(15)19(29)16-5-4-8-26-20(16)24;;;;;;;;;;;;/h1-10,13,20,28H,11-12,14H2,(H2,27,29);3-7,11,13-14,26H,8-10,12H2,1-2H3,(H2,25,27);2*4-8,14,25H,1,9-12H2,2-3H3,(H2,24,26);12*1H/t;3*14-;;;;;;;;;;;;/m.010............/s1. The number of hydrogen-bond donors (Lipinski definition) is 8. The van der Waals surface area contributed by atoms with Crippen LogP contribution in [0, 0.1) is 5.92 Å². The second-order valence-electron chi connectivity index (χ2n) is 30.6. The van der Waals surface area contributed by atoms with Crippen molar-refractivity contribution in [3.63, 3.8) is 0 Å². The number of benzene rings is 3. The SMILES string of the molecule is C=C(F)c1ccc(N2CCN[C@@H](CC(C)(C)F)C2)nc1C(=O)c1cccnc1N.C=C(F)c1ccc(N2CCN[C@H](CC(C)(C)F)C2)nc1C(=O)c1cccnc1N.CC(C)C[C@H]1CN(c2ccc(C(F)(F)F)c(C(=O)c3cccnc3N)c2)CCN1.Nc1ncccc1C(=O)c1cc(N2CCNC(c3ccccc3)C2)ccc1C(F)(F)F.[HH].[HH].[HH].[HH].[HH].[HH].[HH].[HH].[HH].[HH].[HH].[HH]. The van der Waals surface area contributed by atoms with Gasteiger partial charge in [0.05, 0.1) is 33.4 Å². The van der Waals surface area contributed by atoms with Crippen LogP contribution in [0.1, 0.15) is 176 Å². The molecule has 4 aliphatic heterocycles. The molecule has 4 fully saturated rings. The van der Waals surface area contributed by atoms with Crippen molar-refractivity contribution in [1.29, 1.82) is 0 Å². The Bertz CT molecular complexity index is 4970. The number of nitrogens with two attached hydrogens (primary N) is 4. The van der Waals surface area contributed by atoms with Crippen LogP contribution in [0.15, 0.2) is 177 Å². The highest BCUT2D eigenvalue weighted by Gasteiger charge is 2.39. The highest BCUT2D eigenvalue weighted by molar-refractivity contribution is 6.15. The summed E-state index contributed by atoms with van der Waals surface area (Å²) in [6.07, 6.45) is -1.94. The number of nitrogen functional groups attached to an aromatic ring is 4. The number of rotatable bonds is 21. The average Bonchev–Trinajstić information content (AvgIpc) is 0.791. The van der Waals surface area contributed by atoms with E-state index in [-0.39, 0.29) is 109 Å². The fourth-order valence-electron chi connectivity index (χ4n) is 14.5. The van der Waals surface area contributed by atoms with Gasteiger partial charge in [0.2, 0.25) is 11.6 Å². The van der Waals surface area contributed by atoms with Crippen molar-refractivity contribution in [2.24, 2.45) is 5.92 Å². The zero-order valence-electron chi connectivity index (χ0n) is 66.2. The predicted octanol–water partition coefficient (Wildman–Crippen LogP) is 17.0. The number of aromatic nitrogens is 6. The lowest BCUT2D eigenvalue weighted by Gasteiger charge is -2.36. The van der Waals surface area contributed by atoms with E-state index in [1.807, 2.05) is 49.9 Å². The maximum absolute atomic E-state index is 14.1. The smallest absolute Gasteiger partial charge is 0.383 e. The van der Waals surface area contributed by atoms with Gasteiger partial charge in [0.15, 0.2) is 11.6 Å². The van der Waals surface area contributed by atoms with Gasteiger partial charge in [0.1, 0.15) is 69.3 Å². The maximum Gasteiger partial charge on any atom is 0.417 e. The van der Waals surface area contributed by atoms with Gasteiger partial charge in [-0.2, -0.15) is 26.3 Å². The summed E-state index contributed by atoms with van der Waals surface area (Å²) in [6.45, 7) is 24.6. The lowest BCUT2D eigenvalue weighted by molar-refractivity contribution is -0.138. The lowest BCUT2D eigenvalue weighted by atomic mass is 9.96. The molecule has 0 amide bonds. The Morgan fingerprint density at radius 1 is 0.432 bits per heavy atom. The van der Waals surface area contributed by atoms with Crippen LogP contribution in [0.5, 0.6) is 0 Å². The van der Waals surface area contributed by atoms with Crippen molar-refractivity contribution >= 4 is 81.1 Å². The van der Waals surface area contributed by atoms with Gasteiger partial charge in [-0.15, -0.1) is 0 Å². The van der Waals surface area contributed by atoms with E-state index in [0.717, 1.165) is 30.7 Å². The molecule has 10 heterocycles. The molecule has 12 N–H and O–H groups in total. The molecule has 0 radical (unpaired) electrons. The molecule has 4 saturated heterocycles. The molecule has 13 rings (SSSR count). The molecular formula is C86H120F10N18O4. The third kappa shape index (κ3) is 23.3. The van der Waals surface area contributed by atoms with E-state index in [9.17, 15) is 63.1 Å². The number of nitrogens with one attached hydrogen (secondary N) is 4. The Kier molecular flexibility index (Phi) is 29.0. The third-order valence-electron chi connectivity index (χ3n) is 20.0. The number of piperazine rings is 4. The van der Waals surface area contributed by atoms with Gasteiger partial charge in [0.25, 0.3) is 0 Å². The van der Waals surface area contributed by atoms with Crippen molar-refractivity contribution < 1.29 is 80.2 Å². The number of hydrogen-bond acceptors (Lipinski definition) is 22. The van der Waals surface area contributed by atoms with Crippen LogP contribution in [0.25, 0.3) is 11.7 Å². The molecule has 22 nitrogen and oxygen atoms in total. The molecule has 0 saturated carbocycles. The average molecular weight is 1660 g/mol. The predicted molar refractivity (Wildman–Crippen MR) is 466 cm³/mol. The summed E-state index contributed by atoms with van der Waals surface area (Å²) in [6, 6.07) is 35.6. The fourth-order valence-corrected chi connectivity index (χ4v) is 14.5. The molecule has 4 aliphatic rings. The number of carbonyl (C=O) groups is 4. The highest BCUT2D eigenvalue weighted by atomic mass is 19.4. The van der Waals surface area contributed by atoms with E-state index >= 15 is 0 Å². The van der Waals surface area contributed by atoms with Crippen molar-refractivity contribution in [3.8, 4) is 0 Å². The van der Waals surface area contributed by atoms with Gasteiger partial charge in [-0.1, -0.05) is 57.3 Å². The zero-order valence-corrected chi connectivity index (χ0v) is 66.2. The Balaban J connectivity index is -0.00000161. The maximum atomic E-state index is 14.1. The van der Waals surface area contributed by atoms with Crippen molar-refractivity contribution in [2.75, 3.05) is 121 Å². The zero-order chi connectivity index (χ0) is 85.6. The number of pyridine rings is 6. The number of carbonyl (C=O) groups excluding carboxylic acids is 4. The first kappa shape index (κ1) is 88.6. The van der Waals surface area contributed by atoms with E-state index in [1.165, 1.54) is 97.6 Å². The van der Waals surface area contributed by atoms with E-state index < -0.39 is 80.7 Å². The van der Waals surface area contributed by atoms with E-state index in [4.69, 9.17) is 22.9 Å². The van der Waals surface area contributed by atoms with Gasteiger partial charge >= 0.3 is 12.4 Å². The first-order valence-electron chi connectivity index (χ1n) is 38.3.